The molecule has 0 saturated carbocycles. The van der Waals surface area contributed by atoms with Gasteiger partial charge in [0.25, 0.3) is 0 Å². The molecule has 0 radical (unpaired) electrons. The van der Waals surface area contributed by atoms with Crippen LogP contribution < -0.4 is 5.73 Å². The number of halogens is 1. The molecule has 1 heterocycles. The predicted molar refractivity (Wildman–Crippen MR) is 59.2 cm³/mol. The summed E-state index contributed by atoms with van der Waals surface area (Å²) in [5.41, 5.74) is 7.88. The third kappa shape index (κ3) is 1.85. The minimum Gasteiger partial charge on any atom is -0.391 e. The highest BCUT2D eigenvalue weighted by molar-refractivity contribution is 7.14. The van der Waals surface area contributed by atoms with E-state index in [0.717, 1.165) is 21.2 Å². The largest absolute Gasteiger partial charge is 0.391 e. The molecule has 0 fully saturated rings. The third-order valence-electron chi connectivity index (χ3n) is 1.78. The molecular formula is C10H8ClNS. The van der Waals surface area contributed by atoms with Crippen LogP contribution in [0.5, 0.6) is 0 Å². The topological polar surface area (TPSA) is 26.0 Å². The second-order valence-corrected chi connectivity index (χ2v) is 4.13. The van der Waals surface area contributed by atoms with Crippen LogP contribution in [-0.2, 0) is 0 Å². The van der Waals surface area contributed by atoms with Gasteiger partial charge in [-0.3, -0.25) is 0 Å². The van der Waals surface area contributed by atoms with Crippen molar-refractivity contribution in [1.29, 1.82) is 0 Å². The molecule has 0 saturated heterocycles. The molecule has 1 aromatic heterocycles. The van der Waals surface area contributed by atoms with Crippen LogP contribution in [0.4, 0.5) is 5.00 Å². The van der Waals surface area contributed by atoms with Crippen LogP contribution in [0.3, 0.4) is 0 Å². The molecule has 0 spiro atoms. The maximum Gasteiger partial charge on any atom is 0.0862 e. The van der Waals surface area contributed by atoms with Gasteiger partial charge >= 0.3 is 0 Å². The molecule has 13 heavy (non-hydrogen) atoms. The molecule has 0 unspecified atom stereocenters. The van der Waals surface area contributed by atoms with E-state index >= 15 is 0 Å². The average Bonchev–Trinajstić information content (AvgIpc) is 2.52. The second kappa shape index (κ2) is 3.40. The van der Waals surface area contributed by atoms with Gasteiger partial charge in [0.05, 0.1) is 5.00 Å². The fraction of sp³-hybridized carbons (Fsp3) is 0. The molecule has 2 aromatic rings. The number of rotatable bonds is 1. The molecule has 1 aromatic carbocycles. The Morgan fingerprint density at radius 1 is 1.15 bits per heavy atom. The molecule has 0 atom stereocenters. The van der Waals surface area contributed by atoms with Gasteiger partial charge in [0.2, 0.25) is 0 Å². The Labute approximate surface area is 85.8 Å². The van der Waals surface area contributed by atoms with E-state index in [1.54, 1.807) is 0 Å². The Morgan fingerprint density at radius 2 is 2.00 bits per heavy atom. The highest BCUT2D eigenvalue weighted by atomic mass is 35.5. The molecule has 0 aliphatic rings. The van der Waals surface area contributed by atoms with Crippen LogP contribution in [0.25, 0.3) is 11.1 Å². The van der Waals surface area contributed by atoms with E-state index in [9.17, 15) is 0 Å². The van der Waals surface area contributed by atoms with Crippen LogP contribution in [0, 0.1) is 0 Å². The summed E-state index contributed by atoms with van der Waals surface area (Å²) in [5.74, 6) is 0. The fourth-order valence-electron chi connectivity index (χ4n) is 1.17. The normalized spacial score (nSPS) is 10.2. The molecule has 0 bridgehead atoms. The highest BCUT2D eigenvalue weighted by Crippen LogP contribution is 2.28. The van der Waals surface area contributed by atoms with Crippen LogP contribution in [-0.4, -0.2) is 0 Å². The van der Waals surface area contributed by atoms with E-state index in [2.05, 4.69) is 0 Å². The van der Waals surface area contributed by atoms with Crippen molar-refractivity contribution in [3.05, 3.63) is 40.7 Å². The van der Waals surface area contributed by atoms with E-state index in [-0.39, 0.29) is 0 Å². The quantitative estimate of drug-likeness (QED) is 0.763. The molecule has 1 nitrogen and oxygen atoms in total. The van der Waals surface area contributed by atoms with Crippen molar-refractivity contribution < 1.29 is 0 Å². The van der Waals surface area contributed by atoms with Gasteiger partial charge in [0, 0.05) is 10.4 Å². The number of thiophene rings is 1. The summed E-state index contributed by atoms with van der Waals surface area (Å²) in [6, 6.07) is 9.71. The molecular weight excluding hydrogens is 202 g/mol. The molecule has 0 aliphatic carbocycles. The lowest BCUT2D eigenvalue weighted by Gasteiger charge is -1.96. The Kier molecular flexibility index (Phi) is 2.25. The van der Waals surface area contributed by atoms with Crippen molar-refractivity contribution in [2.75, 3.05) is 5.73 Å². The van der Waals surface area contributed by atoms with Gasteiger partial charge in [-0.25, -0.2) is 0 Å². The second-order valence-electron chi connectivity index (χ2n) is 2.75. The van der Waals surface area contributed by atoms with E-state index in [1.807, 2.05) is 35.7 Å². The van der Waals surface area contributed by atoms with Crippen LogP contribution in [0.1, 0.15) is 0 Å². The van der Waals surface area contributed by atoms with Crippen molar-refractivity contribution in [1.82, 2.24) is 0 Å². The van der Waals surface area contributed by atoms with E-state index in [0.29, 0.717) is 0 Å². The summed E-state index contributed by atoms with van der Waals surface area (Å²) in [5, 5.41) is 3.61. The van der Waals surface area contributed by atoms with Crippen LogP contribution in [0.15, 0.2) is 35.7 Å². The number of benzene rings is 1. The number of hydrogen-bond acceptors (Lipinski definition) is 2. The van der Waals surface area contributed by atoms with Gasteiger partial charge in [-0.15, -0.1) is 11.3 Å². The van der Waals surface area contributed by atoms with Gasteiger partial charge in [0.15, 0.2) is 0 Å². The number of nitrogens with two attached hydrogens (primary N) is 1. The van der Waals surface area contributed by atoms with Crippen molar-refractivity contribution >= 4 is 27.9 Å². The maximum atomic E-state index is 5.87. The van der Waals surface area contributed by atoms with Gasteiger partial charge in [-0.2, -0.15) is 0 Å². The summed E-state index contributed by atoms with van der Waals surface area (Å²) in [7, 11) is 0. The summed E-state index contributed by atoms with van der Waals surface area (Å²) in [6.45, 7) is 0. The number of hydrogen-bond donors (Lipinski definition) is 1. The Hall–Kier alpha value is -0.990. The SMILES string of the molecule is Nc1cc(-c2cccc(Cl)c2)cs1. The van der Waals surface area contributed by atoms with Crippen molar-refractivity contribution in [3.63, 3.8) is 0 Å². The van der Waals surface area contributed by atoms with Gasteiger partial charge in [-0.1, -0.05) is 23.7 Å². The third-order valence-corrected chi connectivity index (χ3v) is 2.77. The standard InChI is InChI=1S/C10H8ClNS/c11-9-3-1-2-7(4-9)8-5-10(12)13-6-8/h1-6H,12H2. The van der Waals surface area contributed by atoms with Gasteiger partial charge in [-0.05, 0) is 29.3 Å². The number of nitrogen functional groups attached to an aromatic ring is 1. The monoisotopic (exact) mass is 209 g/mol. The van der Waals surface area contributed by atoms with Gasteiger partial charge < -0.3 is 5.73 Å². The van der Waals surface area contributed by atoms with Gasteiger partial charge in [0.1, 0.15) is 0 Å². The summed E-state index contributed by atoms with van der Waals surface area (Å²) < 4.78 is 0. The minimum absolute atomic E-state index is 0.752. The summed E-state index contributed by atoms with van der Waals surface area (Å²) in [6.07, 6.45) is 0. The Balaban J connectivity index is 2.46. The first kappa shape index (κ1) is 8.60. The lowest BCUT2D eigenvalue weighted by molar-refractivity contribution is 1.67. The first-order valence-electron chi connectivity index (χ1n) is 3.85. The first-order chi connectivity index (χ1) is 6.25. The summed E-state index contributed by atoms with van der Waals surface area (Å²) >= 11 is 7.41. The lowest BCUT2D eigenvalue weighted by Crippen LogP contribution is -1.76. The van der Waals surface area contributed by atoms with E-state index in [1.165, 1.54) is 11.3 Å². The van der Waals surface area contributed by atoms with Crippen molar-refractivity contribution in [2.45, 2.75) is 0 Å². The molecule has 2 rings (SSSR count). The zero-order valence-corrected chi connectivity index (χ0v) is 8.40. The smallest absolute Gasteiger partial charge is 0.0862 e. The number of anilines is 1. The van der Waals surface area contributed by atoms with Crippen molar-refractivity contribution in [2.24, 2.45) is 0 Å². The Bertz CT molecular complexity index is 422. The first-order valence-corrected chi connectivity index (χ1v) is 5.11. The predicted octanol–water partition coefficient (Wildman–Crippen LogP) is 3.65. The molecule has 3 heteroatoms. The zero-order valence-electron chi connectivity index (χ0n) is 6.83. The molecule has 66 valence electrons. The van der Waals surface area contributed by atoms with Crippen LogP contribution >= 0.6 is 22.9 Å². The minimum atomic E-state index is 0.752. The van der Waals surface area contributed by atoms with Crippen molar-refractivity contribution in [3.8, 4) is 11.1 Å². The highest BCUT2D eigenvalue weighted by Gasteiger charge is 2.00. The maximum absolute atomic E-state index is 5.87. The molecule has 2 N–H and O–H groups in total. The molecule has 0 aliphatic heterocycles. The lowest BCUT2D eigenvalue weighted by atomic mass is 10.1. The summed E-state index contributed by atoms with van der Waals surface area (Å²) in [4.78, 5) is 0. The Morgan fingerprint density at radius 3 is 2.62 bits per heavy atom. The molecule has 0 amide bonds. The zero-order chi connectivity index (χ0) is 9.26. The van der Waals surface area contributed by atoms with Crippen LogP contribution in [0.2, 0.25) is 5.02 Å². The average molecular weight is 210 g/mol. The fourth-order valence-corrected chi connectivity index (χ4v) is 2.02. The van der Waals surface area contributed by atoms with E-state index in [4.69, 9.17) is 17.3 Å². The van der Waals surface area contributed by atoms with E-state index < -0.39 is 0 Å².